The Hall–Kier alpha value is -3.56. The van der Waals surface area contributed by atoms with Gasteiger partial charge in [0.1, 0.15) is 11.5 Å². The van der Waals surface area contributed by atoms with E-state index in [0.29, 0.717) is 67.9 Å². The number of aliphatic hydroxyl groups excluding tert-OH is 1. The normalized spacial score (nSPS) is 19.4. The zero-order valence-electron chi connectivity index (χ0n) is 23.0. The van der Waals surface area contributed by atoms with Crippen molar-refractivity contribution >= 4 is 17.4 Å². The van der Waals surface area contributed by atoms with Crippen LogP contribution in [0.2, 0.25) is 0 Å². The van der Waals surface area contributed by atoms with Crippen molar-refractivity contribution in [1.82, 2.24) is 9.80 Å². The van der Waals surface area contributed by atoms with Crippen LogP contribution in [0, 0.1) is 0 Å². The number of benzene rings is 2. The van der Waals surface area contributed by atoms with E-state index in [-0.39, 0.29) is 11.3 Å². The summed E-state index contributed by atoms with van der Waals surface area (Å²) < 4.78 is 22.4. The standard InChI is InChI=1S/C30H38N2O7/c1-4-6-17-39-24-12-9-22(20-25(24)36-3)27-26(28(33)21-7-10-23(11-8-21)38-5-2)29(34)30(35)32(27)14-13-31-15-18-37-19-16-31/h7-12,20,27,33H,4-6,13-19H2,1-3H3. The fraction of sp³-hybridized carbons (Fsp3) is 0.467. The van der Waals surface area contributed by atoms with Gasteiger partial charge in [0.25, 0.3) is 11.7 Å². The summed E-state index contributed by atoms with van der Waals surface area (Å²) in [7, 11) is 1.56. The highest BCUT2D eigenvalue weighted by Gasteiger charge is 2.46. The molecule has 2 aliphatic rings. The first-order valence-electron chi connectivity index (χ1n) is 13.6. The molecule has 2 aromatic carbocycles. The molecule has 1 atom stereocenters. The minimum Gasteiger partial charge on any atom is -0.507 e. The lowest BCUT2D eigenvalue weighted by molar-refractivity contribution is -0.140. The van der Waals surface area contributed by atoms with E-state index in [1.54, 1.807) is 48.4 Å². The number of rotatable bonds is 12. The second-order valence-corrected chi connectivity index (χ2v) is 9.52. The number of carbonyl (C=O) groups excluding carboxylic acids is 2. The lowest BCUT2D eigenvalue weighted by Crippen LogP contribution is -2.42. The Bertz CT molecular complexity index is 1170. The first kappa shape index (κ1) is 28.4. The van der Waals surface area contributed by atoms with Crippen LogP contribution in [-0.2, 0) is 14.3 Å². The smallest absolute Gasteiger partial charge is 0.295 e. The highest BCUT2D eigenvalue weighted by atomic mass is 16.5. The molecule has 9 nitrogen and oxygen atoms in total. The fourth-order valence-electron chi connectivity index (χ4n) is 4.86. The van der Waals surface area contributed by atoms with Crippen molar-refractivity contribution in [2.45, 2.75) is 32.7 Å². The molecule has 4 rings (SSSR count). The summed E-state index contributed by atoms with van der Waals surface area (Å²) >= 11 is 0. The summed E-state index contributed by atoms with van der Waals surface area (Å²) in [5.74, 6) is 0.172. The molecule has 210 valence electrons. The van der Waals surface area contributed by atoms with Gasteiger partial charge in [-0.05, 0) is 55.3 Å². The molecule has 0 aromatic heterocycles. The van der Waals surface area contributed by atoms with E-state index in [1.807, 2.05) is 13.0 Å². The maximum absolute atomic E-state index is 13.4. The number of hydrogen-bond acceptors (Lipinski definition) is 8. The molecule has 1 unspecified atom stereocenters. The van der Waals surface area contributed by atoms with Crippen LogP contribution in [0.3, 0.4) is 0 Å². The van der Waals surface area contributed by atoms with Crippen LogP contribution < -0.4 is 14.2 Å². The van der Waals surface area contributed by atoms with Gasteiger partial charge in [0.05, 0.1) is 45.2 Å². The zero-order chi connectivity index (χ0) is 27.8. The molecular formula is C30H38N2O7. The predicted molar refractivity (Wildman–Crippen MR) is 147 cm³/mol. The number of likely N-dealkylation sites (tertiary alicyclic amines) is 1. The SMILES string of the molecule is CCCCOc1ccc(C2C(=C(O)c3ccc(OCC)cc3)C(=O)C(=O)N2CCN2CCOCC2)cc1OC. The molecule has 1 amide bonds. The van der Waals surface area contributed by atoms with E-state index >= 15 is 0 Å². The minimum absolute atomic E-state index is 0.0489. The third-order valence-electron chi connectivity index (χ3n) is 7.00. The number of methoxy groups -OCH3 is 1. The summed E-state index contributed by atoms with van der Waals surface area (Å²) in [6.45, 7) is 8.76. The lowest BCUT2D eigenvalue weighted by atomic mass is 9.95. The van der Waals surface area contributed by atoms with Gasteiger partial charge in [0.15, 0.2) is 11.5 Å². The van der Waals surface area contributed by atoms with Gasteiger partial charge < -0.3 is 29.0 Å². The number of morpholine rings is 1. The number of Topliss-reactive ketones (excluding diaryl/α,β-unsaturated/α-hetero) is 1. The number of ketones is 1. The van der Waals surface area contributed by atoms with Gasteiger partial charge in [0.2, 0.25) is 0 Å². The van der Waals surface area contributed by atoms with E-state index in [1.165, 1.54) is 0 Å². The van der Waals surface area contributed by atoms with Crippen LogP contribution >= 0.6 is 0 Å². The summed E-state index contributed by atoms with van der Waals surface area (Å²) in [5, 5.41) is 11.4. The van der Waals surface area contributed by atoms with Crippen LogP contribution in [0.4, 0.5) is 0 Å². The molecule has 1 N–H and O–H groups in total. The van der Waals surface area contributed by atoms with Crippen molar-refractivity contribution < 1.29 is 33.6 Å². The third-order valence-corrected chi connectivity index (χ3v) is 7.00. The molecule has 2 fully saturated rings. The maximum Gasteiger partial charge on any atom is 0.295 e. The molecule has 2 aliphatic heterocycles. The molecule has 0 radical (unpaired) electrons. The van der Waals surface area contributed by atoms with Crippen LogP contribution in [-0.4, -0.2) is 86.3 Å². The molecule has 0 spiro atoms. The summed E-state index contributed by atoms with van der Waals surface area (Å²) in [6, 6.07) is 11.5. The fourth-order valence-corrected chi connectivity index (χ4v) is 4.86. The van der Waals surface area contributed by atoms with Crippen molar-refractivity contribution in [2.24, 2.45) is 0 Å². The third kappa shape index (κ3) is 6.54. The second kappa shape index (κ2) is 13.5. The van der Waals surface area contributed by atoms with Crippen molar-refractivity contribution in [3.05, 3.63) is 59.2 Å². The molecule has 2 saturated heterocycles. The van der Waals surface area contributed by atoms with Crippen LogP contribution in [0.25, 0.3) is 5.76 Å². The van der Waals surface area contributed by atoms with Gasteiger partial charge >= 0.3 is 0 Å². The Morgan fingerprint density at radius 1 is 1.00 bits per heavy atom. The summed E-state index contributed by atoms with van der Waals surface area (Å²) in [4.78, 5) is 30.5. The van der Waals surface area contributed by atoms with Crippen LogP contribution in [0.1, 0.15) is 43.9 Å². The van der Waals surface area contributed by atoms with E-state index in [9.17, 15) is 14.7 Å². The molecule has 0 saturated carbocycles. The lowest BCUT2D eigenvalue weighted by Gasteiger charge is -2.31. The van der Waals surface area contributed by atoms with Gasteiger partial charge in [-0.25, -0.2) is 0 Å². The van der Waals surface area contributed by atoms with Gasteiger partial charge in [-0.2, -0.15) is 0 Å². The number of amides is 1. The number of hydrogen-bond donors (Lipinski definition) is 1. The average molecular weight is 539 g/mol. The maximum atomic E-state index is 13.4. The second-order valence-electron chi connectivity index (χ2n) is 9.52. The van der Waals surface area contributed by atoms with Crippen molar-refractivity contribution in [3.63, 3.8) is 0 Å². The predicted octanol–water partition coefficient (Wildman–Crippen LogP) is 4.03. The monoisotopic (exact) mass is 538 g/mol. The number of unbranched alkanes of at least 4 members (excludes halogenated alkanes) is 1. The Kier molecular flexibility index (Phi) is 9.84. The molecule has 2 heterocycles. The van der Waals surface area contributed by atoms with E-state index in [2.05, 4.69) is 11.8 Å². The quantitative estimate of drug-likeness (QED) is 0.187. The molecular weight excluding hydrogens is 500 g/mol. The van der Waals surface area contributed by atoms with Crippen molar-refractivity contribution in [1.29, 1.82) is 0 Å². The van der Waals surface area contributed by atoms with E-state index < -0.39 is 17.7 Å². The molecule has 0 bridgehead atoms. The van der Waals surface area contributed by atoms with Gasteiger partial charge in [-0.1, -0.05) is 19.4 Å². The Morgan fingerprint density at radius 2 is 1.74 bits per heavy atom. The number of ether oxygens (including phenoxy) is 4. The zero-order valence-corrected chi connectivity index (χ0v) is 23.0. The molecule has 2 aromatic rings. The van der Waals surface area contributed by atoms with Gasteiger partial charge in [0, 0.05) is 31.7 Å². The first-order valence-corrected chi connectivity index (χ1v) is 13.6. The molecule has 9 heteroatoms. The number of carbonyl (C=O) groups is 2. The Labute approximate surface area is 229 Å². The van der Waals surface area contributed by atoms with Crippen molar-refractivity contribution in [3.8, 4) is 17.2 Å². The minimum atomic E-state index is -0.781. The Balaban J connectivity index is 1.73. The molecule has 39 heavy (non-hydrogen) atoms. The van der Waals surface area contributed by atoms with Crippen LogP contribution in [0.5, 0.6) is 17.2 Å². The van der Waals surface area contributed by atoms with E-state index in [4.69, 9.17) is 18.9 Å². The Morgan fingerprint density at radius 3 is 2.41 bits per heavy atom. The van der Waals surface area contributed by atoms with Gasteiger partial charge in [-0.15, -0.1) is 0 Å². The summed E-state index contributed by atoms with van der Waals surface area (Å²) in [5.41, 5.74) is 1.14. The topological polar surface area (TPSA) is 97.8 Å². The number of nitrogens with zero attached hydrogens (tertiary/aromatic N) is 2. The molecule has 0 aliphatic carbocycles. The first-order chi connectivity index (χ1) is 19.0. The average Bonchev–Trinajstić information content (AvgIpc) is 3.22. The number of aliphatic hydroxyl groups is 1. The van der Waals surface area contributed by atoms with Crippen LogP contribution in [0.15, 0.2) is 48.0 Å². The largest absolute Gasteiger partial charge is 0.507 e. The summed E-state index contributed by atoms with van der Waals surface area (Å²) in [6.07, 6.45) is 1.92. The van der Waals surface area contributed by atoms with Crippen molar-refractivity contribution in [2.75, 3.05) is 59.7 Å². The van der Waals surface area contributed by atoms with Gasteiger partial charge in [-0.3, -0.25) is 14.5 Å². The van der Waals surface area contributed by atoms with E-state index in [0.717, 1.165) is 25.9 Å². The highest BCUT2D eigenvalue weighted by Crippen LogP contribution is 2.42. The highest BCUT2D eigenvalue weighted by molar-refractivity contribution is 6.46.